The summed E-state index contributed by atoms with van der Waals surface area (Å²) >= 11 is 3.48. The van der Waals surface area contributed by atoms with Gasteiger partial charge in [-0.05, 0) is 30.5 Å². The van der Waals surface area contributed by atoms with Crippen LogP contribution in [0.1, 0.15) is 37.7 Å². The van der Waals surface area contributed by atoms with E-state index in [1.807, 2.05) is 12.1 Å². The first kappa shape index (κ1) is 13.1. The van der Waals surface area contributed by atoms with E-state index in [-0.39, 0.29) is 12.1 Å². The molecule has 0 aliphatic heterocycles. The van der Waals surface area contributed by atoms with Crippen LogP contribution in [0.15, 0.2) is 28.7 Å². The van der Waals surface area contributed by atoms with Crippen LogP contribution in [0.2, 0.25) is 0 Å². The molecule has 2 N–H and O–H groups in total. The van der Waals surface area contributed by atoms with E-state index in [0.29, 0.717) is 0 Å². The van der Waals surface area contributed by atoms with Crippen molar-refractivity contribution < 1.29 is 5.11 Å². The standard InChI is InChI=1S/C14H20BrNO/c15-12-6-4-5-11(9-12)10-16-13-7-2-1-3-8-14(13)17/h4-6,9,13-14,16-17H,1-3,7-8,10H2. The zero-order valence-corrected chi connectivity index (χ0v) is 11.6. The first-order valence-electron chi connectivity index (χ1n) is 6.41. The van der Waals surface area contributed by atoms with Crippen molar-refractivity contribution in [2.24, 2.45) is 0 Å². The van der Waals surface area contributed by atoms with Gasteiger partial charge in [0.15, 0.2) is 0 Å². The fourth-order valence-corrected chi connectivity index (χ4v) is 2.87. The Bertz CT molecular complexity index is 356. The molecule has 94 valence electrons. The SMILES string of the molecule is OC1CCCCCC1NCc1cccc(Br)c1. The van der Waals surface area contributed by atoms with Crippen LogP contribution >= 0.6 is 15.9 Å². The van der Waals surface area contributed by atoms with Gasteiger partial charge in [0.2, 0.25) is 0 Å². The maximum atomic E-state index is 10.0. The molecule has 3 heteroatoms. The van der Waals surface area contributed by atoms with Crippen LogP contribution in [-0.2, 0) is 6.54 Å². The summed E-state index contributed by atoms with van der Waals surface area (Å²) in [6.07, 6.45) is 5.51. The van der Waals surface area contributed by atoms with Gasteiger partial charge in [-0.2, -0.15) is 0 Å². The molecule has 1 saturated carbocycles. The Morgan fingerprint density at radius 2 is 2.06 bits per heavy atom. The Hall–Kier alpha value is -0.380. The highest BCUT2D eigenvalue weighted by molar-refractivity contribution is 9.10. The number of rotatable bonds is 3. The van der Waals surface area contributed by atoms with Gasteiger partial charge in [0.05, 0.1) is 6.10 Å². The van der Waals surface area contributed by atoms with Crippen LogP contribution in [0.3, 0.4) is 0 Å². The quantitative estimate of drug-likeness (QED) is 0.840. The summed E-state index contributed by atoms with van der Waals surface area (Å²) in [5.74, 6) is 0. The summed E-state index contributed by atoms with van der Waals surface area (Å²) in [6.45, 7) is 0.834. The molecule has 0 spiro atoms. The first-order chi connectivity index (χ1) is 8.25. The molecule has 0 radical (unpaired) electrons. The van der Waals surface area contributed by atoms with Gasteiger partial charge in [0.1, 0.15) is 0 Å². The zero-order valence-electron chi connectivity index (χ0n) is 10.0. The van der Waals surface area contributed by atoms with E-state index in [4.69, 9.17) is 0 Å². The summed E-state index contributed by atoms with van der Waals surface area (Å²) in [5, 5.41) is 13.5. The Morgan fingerprint density at radius 3 is 2.88 bits per heavy atom. The van der Waals surface area contributed by atoms with Crippen molar-refractivity contribution in [3.8, 4) is 0 Å². The van der Waals surface area contributed by atoms with Crippen LogP contribution in [0, 0.1) is 0 Å². The van der Waals surface area contributed by atoms with Crippen molar-refractivity contribution in [2.45, 2.75) is 50.8 Å². The van der Waals surface area contributed by atoms with Gasteiger partial charge >= 0.3 is 0 Å². The average Bonchev–Trinajstić information content (AvgIpc) is 2.52. The summed E-state index contributed by atoms with van der Waals surface area (Å²) in [4.78, 5) is 0. The lowest BCUT2D eigenvalue weighted by atomic mass is 10.1. The van der Waals surface area contributed by atoms with Crippen LogP contribution in [-0.4, -0.2) is 17.3 Å². The first-order valence-corrected chi connectivity index (χ1v) is 7.21. The second-order valence-corrected chi connectivity index (χ2v) is 5.74. The highest BCUT2D eigenvalue weighted by Crippen LogP contribution is 2.19. The third-order valence-corrected chi connectivity index (χ3v) is 3.93. The molecule has 0 heterocycles. The molecule has 17 heavy (non-hydrogen) atoms. The number of hydrogen-bond acceptors (Lipinski definition) is 2. The smallest absolute Gasteiger partial charge is 0.0693 e. The molecule has 2 unspecified atom stereocenters. The summed E-state index contributed by atoms with van der Waals surface area (Å²) in [7, 11) is 0. The Labute approximate surface area is 112 Å². The number of halogens is 1. The molecule has 2 nitrogen and oxygen atoms in total. The summed E-state index contributed by atoms with van der Waals surface area (Å²) in [6, 6.07) is 8.57. The zero-order chi connectivity index (χ0) is 12.1. The molecule has 1 aromatic carbocycles. The van der Waals surface area contributed by atoms with E-state index in [0.717, 1.165) is 30.3 Å². The fraction of sp³-hybridized carbons (Fsp3) is 0.571. The predicted molar refractivity (Wildman–Crippen MR) is 73.9 cm³/mol. The van der Waals surface area contributed by atoms with Gasteiger partial charge in [-0.3, -0.25) is 0 Å². The minimum atomic E-state index is -0.176. The number of benzene rings is 1. The highest BCUT2D eigenvalue weighted by atomic mass is 79.9. The molecule has 0 saturated heterocycles. The van der Waals surface area contributed by atoms with E-state index < -0.39 is 0 Å². The van der Waals surface area contributed by atoms with Crippen LogP contribution < -0.4 is 5.32 Å². The number of hydrogen-bond donors (Lipinski definition) is 2. The van der Waals surface area contributed by atoms with Crippen LogP contribution in [0.25, 0.3) is 0 Å². The minimum Gasteiger partial charge on any atom is -0.392 e. The molecule has 1 aliphatic rings. The summed E-state index contributed by atoms with van der Waals surface area (Å²) < 4.78 is 1.11. The number of nitrogens with one attached hydrogen (secondary N) is 1. The summed E-state index contributed by atoms with van der Waals surface area (Å²) in [5.41, 5.74) is 1.26. The van der Waals surface area contributed by atoms with Crippen molar-refractivity contribution in [1.29, 1.82) is 0 Å². The lowest BCUT2D eigenvalue weighted by Gasteiger charge is -2.21. The molecule has 1 aromatic rings. The molecule has 2 rings (SSSR count). The molecule has 0 amide bonds. The van der Waals surface area contributed by atoms with Crippen LogP contribution in [0.5, 0.6) is 0 Å². The molecule has 1 fully saturated rings. The fourth-order valence-electron chi connectivity index (χ4n) is 2.42. The third kappa shape index (κ3) is 4.09. The number of aliphatic hydroxyl groups is 1. The van der Waals surface area contributed by atoms with Crippen molar-refractivity contribution in [3.05, 3.63) is 34.3 Å². The van der Waals surface area contributed by atoms with E-state index in [1.54, 1.807) is 0 Å². The minimum absolute atomic E-state index is 0.176. The van der Waals surface area contributed by atoms with Crippen molar-refractivity contribution in [2.75, 3.05) is 0 Å². The Balaban J connectivity index is 1.88. The Morgan fingerprint density at radius 1 is 1.24 bits per heavy atom. The van der Waals surface area contributed by atoms with Gasteiger partial charge in [0.25, 0.3) is 0 Å². The largest absolute Gasteiger partial charge is 0.392 e. The van der Waals surface area contributed by atoms with Crippen molar-refractivity contribution in [1.82, 2.24) is 5.32 Å². The monoisotopic (exact) mass is 297 g/mol. The second-order valence-electron chi connectivity index (χ2n) is 4.82. The van der Waals surface area contributed by atoms with Gasteiger partial charge in [0, 0.05) is 17.1 Å². The molecule has 1 aliphatic carbocycles. The topological polar surface area (TPSA) is 32.3 Å². The normalized spacial score (nSPS) is 25.5. The predicted octanol–water partition coefficient (Wildman–Crippen LogP) is 3.23. The maximum absolute atomic E-state index is 10.0. The average molecular weight is 298 g/mol. The van der Waals surface area contributed by atoms with Gasteiger partial charge in [-0.1, -0.05) is 47.3 Å². The molecular weight excluding hydrogens is 278 g/mol. The lowest BCUT2D eigenvalue weighted by molar-refractivity contribution is 0.119. The van der Waals surface area contributed by atoms with Gasteiger partial charge in [-0.15, -0.1) is 0 Å². The third-order valence-electron chi connectivity index (χ3n) is 3.44. The highest BCUT2D eigenvalue weighted by Gasteiger charge is 2.20. The van der Waals surface area contributed by atoms with E-state index in [1.165, 1.54) is 18.4 Å². The molecule has 0 aromatic heterocycles. The maximum Gasteiger partial charge on any atom is 0.0693 e. The molecule has 2 atom stereocenters. The van der Waals surface area contributed by atoms with Gasteiger partial charge < -0.3 is 10.4 Å². The second kappa shape index (κ2) is 6.53. The van der Waals surface area contributed by atoms with Crippen molar-refractivity contribution in [3.63, 3.8) is 0 Å². The van der Waals surface area contributed by atoms with E-state index >= 15 is 0 Å². The van der Waals surface area contributed by atoms with Crippen LogP contribution in [0.4, 0.5) is 0 Å². The van der Waals surface area contributed by atoms with Crippen molar-refractivity contribution >= 4 is 15.9 Å². The van der Waals surface area contributed by atoms with E-state index in [2.05, 4.69) is 33.4 Å². The van der Waals surface area contributed by atoms with E-state index in [9.17, 15) is 5.11 Å². The Kier molecular flexibility index (Phi) is 5.01. The number of aliphatic hydroxyl groups excluding tert-OH is 1. The molecule has 0 bridgehead atoms. The molecular formula is C14H20BrNO. The lowest BCUT2D eigenvalue weighted by Crippen LogP contribution is -2.38. The van der Waals surface area contributed by atoms with Gasteiger partial charge in [-0.25, -0.2) is 0 Å².